The van der Waals surface area contributed by atoms with E-state index in [-0.39, 0.29) is 0 Å². The van der Waals surface area contributed by atoms with E-state index in [4.69, 9.17) is 5.84 Å². The van der Waals surface area contributed by atoms with E-state index < -0.39 is 0 Å². The Balaban J connectivity index is 1.73. The van der Waals surface area contributed by atoms with Crippen molar-refractivity contribution in [2.24, 2.45) is 23.6 Å². The third-order valence-corrected chi connectivity index (χ3v) is 5.55. The molecule has 0 spiro atoms. The summed E-state index contributed by atoms with van der Waals surface area (Å²) in [5.41, 5.74) is 5.64. The molecule has 4 unspecified atom stereocenters. The minimum absolute atomic E-state index is 0.292. The first-order valence-electron chi connectivity index (χ1n) is 7.39. The van der Waals surface area contributed by atoms with Crippen LogP contribution in [-0.4, -0.2) is 0 Å². The van der Waals surface area contributed by atoms with Gasteiger partial charge in [-0.25, -0.2) is 0 Å². The first kappa shape index (κ1) is 13.6. The van der Waals surface area contributed by atoms with Gasteiger partial charge in [0.2, 0.25) is 0 Å². The average molecular weight is 323 g/mol. The molecule has 3 N–H and O–H groups in total. The Kier molecular flexibility index (Phi) is 3.97. The fourth-order valence-electron chi connectivity index (χ4n) is 4.23. The topological polar surface area (TPSA) is 38.0 Å². The number of fused-ring (bicyclic) bond motifs is 2. The van der Waals surface area contributed by atoms with Gasteiger partial charge in [-0.1, -0.05) is 28.4 Å². The molecule has 2 saturated carbocycles. The third-order valence-electron chi connectivity index (χ3n) is 5.09. The summed E-state index contributed by atoms with van der Waals surface area (Å²) in [4.78, 5) is 0. The van der Waals surface area contributed by atoms with Gasteiger partial charge in [0.15, 0.2) is 0 Å². The van der Waals surface area contributed by atoms with Crippen LogP contribution in [0, 0.1) is 24.7 Å². The highest BCUT2D eigenvalue weighted by Crippen LogP contribution is 2.50. The predicted octanol–water partition coefficient (Wildman–Crippen LogP) is 4.09. The van der Waals surface area contributed by atoms with Gasteiger partial charge < -0.3 is 0 Å². The Morgan fingerprint density at radius 3 is 2.74 bits per heavy atom. The Bertz CT molecular complexity index is 440. The molecule has 0 aromatic heterocycles. The van der Waals surface area contributed by atoms with Gasteiger partial charge in [0.25, 0.3) is 0 Å². The van der Waals surface area contributed by atoms with Gasteiger partial charge in [-0.15, -0.1) is 0 Å². The number of nitrogens with two attached hydrogens (primary N) is 1. The molecule has 2 aliphatic carbocycles. The summed E-state index contributed by atoms with van der Waals surface area (Å²) in [5.74, 6) is 8.67. The number of nitrogens with one attached hydrogen (secondary N) is 1. The third kappa shape index (κ3) is 2.88. The number of hydrogen-bond acceptors (Lipinski definition) is 2. The van der Waals surface area contributed by atoms with Gasteiger partial charge in [0.05, 0.1) is 0 Å². The van der Waals surface area contributed by atoms with Crippen molar-refractivity contribution in [3.8, 4) is 0 Å². The van der Waals surface area contributed by atoms with E-state index in [1.54, 1.807) is 0 Å². The van der Waals surface area contributed by atoms with E-state index >= 15 is 0 Å². The predicted molar refractivity (Wildman–Crippen MR) is 82.5 cm³/mol. The van der Waals surface area contributed by atoms with Gasteiger partial charge >= 0.3 is 0 Å². The molecule has 2 fully saturated rings. The van der Waals surface area contributed by atoms with Crippen molar-refractivity contribution in [2.45, 2.75) is 45.1 Å². The van der Waals surface area contributed by atoms with Gasteiger partial charge in [0.1, 0.15) is 0 Å². The second-order valence-corrected chi connectivity index (χ2v) is 7.37. The van der Waals surface area contributed by atoms with Gasteiger partial charge in [-0.05, 0) is 73.6 Å². The highest BCUT2D eigenvalue weighted by atomic mass is 79.9. The summed E-state index contributed by atoms with van der Waals surface area (Å²) in [7, 11) is 0. The highest BCUT2D eigenvalue weighted by molar-refractivity contribution is 9.10. The number of benzene rings is 1. The summed E-state index contributed by atoms with van der Waals surface area (Å²) in [5, 5.41) is 0. The molecule has 1 aromatic rings. The van der Waals surface area contributed by atoms with Crippen LogP contribution in [0.1, 0.15) is 49.3 Å². The maximum Gasteiger partial charge on any atom is 0.0463 e. The number of hydrazine groups is 1. The van der Waals surface area contributed by atoms with Gasteiger partial charge in [-0.2, -0.15) is 0 Å². The van der Waals surface area contributed by atoms with Crippen LogP contribution in [0.5, 0.6) is 0 Å². The van der Waals surface area contributed by atoms with E-state index in [0.717, 1.165) is 22.2 Å². The summed E-state index contributed by atoms with van der Waals surface area (Å²) in [6.07, 6.45) is 7.00. The Morgan fingerprint density at radius 1 is 1.32 bits per heavy atom. The van der Waals surface area contributed by atoms with Crippen LogP contribution in [0.3, 0.4) is 0 Å². The second-order valence-electron chi connectivity index (χ2n) is 6.45. The zero-order valence-corrected chi connectivity index (χ0v) is 13.1. The van der Waals surface area contributed by atoms with Gasteiger partial charge in [0, 0.05) is 10.5 Å². The first-order valence-corrected chi connectivity index (χ1v) is 8.18. The number of halogens is 1. The largest absolute Gasteiger partial charge is 0.271 e. The maximum absolute atomic E-state index is 5.82. The molecule has 0 amide bonds. The smallest absolute Gasteiger partial charge is 0.0463 e. The van der Waals surface area contributed by atoms with Crippen LogP contribution in [0.4, 0.5) is 0 Å². The van der Waals surface area contributed by atoms with Crippen molar-refractivity contribution in [3.05, 3.63) is 33.8 Å². The van der Waals surface area contributed by atoms with Crippen molar-refractivity contribution in [1.29, 1.82) is 0 Å². The van der Waals surface area contributed by atoms with E-state index in [1.165, 1.54) is 43.2 Å². The van der Waals surface area contributed by atoms with Crippen LogP contribution in [0.15, 0.2) is 22.7 Å². The molecular weight excluding hydrogens is 300 g/mol. The zero-order valence-electron chi connectivity index (χ0n) is 11.5. The lowest BCUT2D eigenvalue weighted by Crippen LogP contribution is -2.30. The summed E-state index contributed by atoms with van der Waals surface area (Å²) in [6, 6.07) is 6.89. The van der Waals surface area contributed by atoms with Crippen LogP contribution in [0.25, 0.3) is 0 Å². The molecule has 1 aromatic carbocycles. The van der Waals surface area contributed by atoms with Crippen LogP contribution >= 0.6 is 15.9 Å². The fraction of sp³-hybridized carbons (Fsp3) is 0.625. The minimum atomic E-state index is 0.292. The highest BCUT2D eigenvalue weighted by Gasteiger charge is 2.40. The van der Waals surface area contributed by atoms with Crippen molar-refractivity contribution in [2.75, 3.05) is 0 Å². The van der Waals surface area contributed by atoms with E-state index in [9.17, 15) is 0 Å². The standard InChI is InChI=1S/C16H23BrN2/c1-10-4-14(8-15(17)5-10)16(19-18)9-13-7-11-2-3-12(13)6-11/h4-5,8,11-13,16,19H,2-3,6-7,9,18H2,1H3. The molecule has 2 aliphatic rings. The first-order chi connectivity index (χ1) is 9.15. The number of hydrogen-bond donors (Lipinski definition) is 2. The normalized spacial score (nSPS) is 30.8. The van der Waals surface area contributed by atoms with Crippen molar-refractivity contribution in [1.82, 2.24) is 5.43 Å². The molecule has 3 heteroatoms. The molecule has 0 saturated heterocycles. The Labute approximate surface area is 124 Å². The van der Waals surface area contributed by atoms with E-state index in [2.05, 4.69) is 46.5 Å². The van der Waals surface area contributed by atoms with E-state index in [0.29, 0.717) is 6.04 Å². The SMILES string of the molecule is Cc1cc(Br)cc(C(CC2CC3CCC2C3)NN)c1. The summed E-state index contributed by atoms with van der Waals surface area (Å²) >= 11 is 3.59. The van der Waals surface area contributed by atoms with Crippen molar-refractivity contribution < 1.29 is 0 Å². The fourth-order valence-corrected chi connectivity index (χ4v) is 4.86. The molecule has 104 valence electrons. The molecule has 19 heavy (non-hydrogen) atoms. The summed E-state index contributed by atoms with van der Waals surface area (Å²) in [6.45, 7) is 2.14. The quantitative estimate of drug-likeness (QED) is 0.647. The zero-order chi connectivity index (χ0) is 13.4. The maximum atomic E-state index is 5.82. The number of rotatable bonds is 4. The molecule has 0 radical (unpaired) electrons. The molecule has 0 aliphatic heterocycles. The van der Waals surface area contributed by atoms with Crippen molar-refractivity contribution >= 4 is 15.9 Å². The Morgan fingerprint density at radius 2 is 2.16 bits per heavy atom. The number of aryl methyl sites for hydroxylation is 1. The van der Waals surface area contributed by atoms with Crippen LogP contribution in [-0.2, 0) is 0 Å². The lowest BCUT2D eigenvalue weighted by molar-refractivity contribution is 0.280. The van der Waals surface area contributed by atoms with Gasteiger partial charge in [-0.3, -0.25) is 11.3 Å². The average Bonchev–Trinajstić information content (AvgIpc) is 2.96. The monoisotopic (exact) mass is 322 g/mol. The van der Waals surface area contributed by atoms with Crippen LogP contribution in [0.2, 0.25) is 0 Å². The molecule has 3 rings (SSSR count). The van der Waals surface area contributed by atoms with E-state index in [1.807, 2.05) is 0 Å². The minimum Gasteiger partial charge on any atom is -0.271 e. The molecule has 0 heterocycles. The molecule has 2 bridgehead atoms. The van der Waals surface area contributed by atoms with Crippen molar-refractivity contribution in [3.63, 3.8) is 0 Å². The molecule has 4 atom stereocenters. The summed E-state index contributed by atoms with van der Waals surface area (Å²) < 4.78 is 1.15. The molecular formula is C16H23BrN2. The second kappa shape index (κ2) is 5.55. The lowest BCUT2D eigenvalue weighted by Gasteiger charge is -2.27. The van der Waals surface area contributed by atoms with Crippen LogP contribution < -0.4 is 11.3 Å². The Hall–Kier alpha value is -0.380. The molecule has 2 nitrogen and oxygen atoms in total. The lowest BCUT2D eigenvalue weighted by atomic mass is 9.83.